The zero-order valence-electron chi connectivity index (χ0n) is 11.5. The van der Waals surface area contributed by atoms with Gasteiger partial charge in [0.15, 0.2) is 0 Å². The van der Waals surface area contributed by atoms with Gasteiger partial charge >= 0.3 is 0 Å². The summed E-state index contributed by atoms with van der Waals surface area (Å²) in [6.07, 6.45) is 8.48. The molecule has 0 amide bonds. The van der Waals surface area contributed by atoms with E-state index in [-0.39, 0.29) is 6.04 Å². The fraction of sp³-hybridized carbons (Fsp3) is 0.176. The molecule has 0 aliphatic rings. The van der Waals surface area contributed by atoms with Crippen LogP contribution in [0.1, 0.15) is 17.2 Å². The topological polar surface area (TPSA) is 37.8 Å². The molecule has 2 aromatic heterocycles. The summed E-state index contributed by atoms with van der Waals surface area (Å²) in [4.78, 5) is 8.44. The Morgan fingerprint density at radius 2 is 1.80 bits per heavy atom. The molecule has 0 aliphatic heterocycles. The van der Waals surface area contributed by atoms with Crippen LogP contribution in [0.2, 0.25) is 0 Å². The molecule has 0 spiro atoms. The molecule has 0 saturated heterocycles. The van der Waals surface area contributed by atoms with E-state index in [1.165, 1.54) is 21.9 Å². The Hall–Kier alpha value is -2.26. The van der Waals surface area contributed by atoms with E-state index in [9.17, 15) is 0 Å². The minimum absolute atomic E-state index is 0.246. The van der Waals surface area contributed by atoms with Gasteiger partial charge in [0.05, 0.1) is 0 Å². The Labute approximate surface area is 118 Å². The Kier molecular flexibility index (Phi) is 3.70. The molecular weight excluding hydrogens is 246 g/mol. The van der Waals surface area contributed by atoms with Gasteiger partial charge < -0.3 is 5.32 Å². The number of nitrogens with zero attached hydrogens (tertiary/aromatic N) is 2. The van der Waals surface area contributed by atoms with Crippen LogP contribution in [-0.4, -0.2) is 17.0 Å². The minimum Gasteiger partial charge on any atom is -0.313 e. The molecule has 20 heavy (non-hydrogen) atoms. The van der Waals surface area contributed by atoms with E-state index in [1.54, 1.807) is 0 Å². The zero-order valence-corrected chi connectivity index (χ0v) is 11.5. The standard InChI is InChI=1S/C17H17N3/c1-18-17(10-13-6-8-19-9-7-13)16-12-20-11-14-4-2-3-5-15(14)16/h2-9,11-12,17-18H,10H2,1H3. The van der Waals surface area contributed by atoms with E-state index < -0.39 is 0 Å². The summed E-state index contributed by atoms with van der Waals surface area (Å²) in [5, 5.41) is 5.84. The SMILES string of the molecule is CNC(Cc1ccncc1)c1cncc2ccccc12. The maximum absolute atomic E-state index is 4.37. The van der Waals surface area contributed by atoms with Crippen molar-refractivity contribution in [2.24, 2.45) is 0 Å². The summed E-state index contributed by atoms with van der Waals surface area (Å²) in [6.45, 7) is 0. The highest BCUT2D eigenvalue weighted by atomic mass is 14.9. The summed E-state index contributed by atoms with van der Waals surface area (Å²) >= 11 is 0. The lowest BCUT2D eigenvalue weighted by molar-refractivity contribution is 0.594. The van der Waals surface area contributed by atoms with Crippen molar-refractivity contribution in [3.8, 4) is 0 Å². The predicted octanol–water partition coefficient (Wildman–Crippen LogP) is 3.13. The van der Waals surface area contributed by atoms with Crippen LogP contribution in [0.4, 0.5) is 0 Å². The van der Waals surface area contributed by atoms with Gasteiger partial charge in [-0.05, 0) is 42.1 Å². The maximum Gasteiger partial charge on any atom is 0.0379 e. The van der Waals surface area contributed by atoms with Crippen molar-refractivity contribution in [3.05, 3.63) is 72.3 Å². The number of nitrogens with one attached hydrogen (secondary N) is 1. The van der Waals surface area contributed by atoms with Crippen LogP contribution in [-0.2, 0) is 6.42 Å². The van der Waals surface area contributed by atoms with Gasteiger partial charge in [-0.2, -0.15) is 0 Å². The number of rotatable bonds is 4. The summed E-state index contributed by atoms with van der Waals surface area (Å²) in [6, 6.07) is 12.7. The van der Waals surface area contributed by atoms with Crippen LogP contribution in [0.5, 0.6) is 0 Å². The number of hydrogen-bond acceptors (Lipinski definition) is 3. The highest BCUT2D eigenvalue weighted by Gasteiger charge is 2.13. The van der Waals surface area contributed by atoms with Crippen LogP contribution in [0, 0.1) is 0 Å². The number of likely N-dealkylation sites (N-methyl/N-ethyl adjacent to an activating group) is 1. The Morgan fingerprint density at radius 1 is 1.00 bits per heavy atom. The lowest BCUT2D eigenvalue weighted by Crippen LogP contribution is -2.19. The first kappa shape index (κ1) is 12.8. The smallest absolute Gasteiger partial charge is 0.0379 e. The first-order chi connectivity index (χ1) is 9.88. The molecule has 0 fully saturated rings. The summed E-state index contributed by atoms with van der Waals surface area (Å²) in [7, 11) is 1.99. The van der Waals surface area contributed by atoms with Gasteiger partial charge in [-0.3, -0.25) is 9.97 Å². The molecule has 0 radical (unpaired) electrons. The first-order valence-corrected chi connectivity index (χ1v) is 6.77. The van der Waals surface area contributed by atoms with Crippen molar-refractivity contribution in [1.82, 2.24) is 15.3 Å². The molecule has 1 aromatic carbocycles. The zero-order chi connectivity index (χ0) is 13.8. The van der Waals surface area contributed by atoms with Crippen molar-refractivity contribution in [1.29, 1.82) is 0 Å². The molecule has 3 nitrogen and oxygen atoms in total. The van der Waals surface area contributed by atoms with E-state index in [0.717, 1.165) is 6.42 Å². The highest BCUT2D eigenvalue weighted by molar-refractivity contribution is 5.85. The fourth-order valence-corrected chi connectivity index (χ4v) is 2.54. The third-order valence-corrected chi connectivity index (χ3v) is 3.61. The molecule has 2 heterocycles. The number of pyridine rings is 2. The van der Waals surface area contributed by atoms with Gasteiger partial charge in [-0.25, -0.2) is 0 Å². The second kappa shape index (κ2) is 5.80. The number of hydrogen-bond donors (Lipinski definition) is 1. The Balaban J connectivity index is 1.99. The summed E-state index contributed by atoms with van der Waals surface area (Å²) in [5.74, 6) is 0. The first-order valence-electron chi connectivity index (χ1n) is 6.77. The molecule has 0 aliphatic carbocycles. The third-order valence-electron chi connectivity index (χ3n) is 3.61. The molecule has 1 unspecified atom stereocenters. The number of benzene rings is 1. The van der Waals surface area contributed by atoms with Crippen LogP contribution < -0.4 is 5.32 Å². The lowest BCUT2D eigenvalue weighted by Gasteiger charge is -2.18. The molecule has 3 heteroatoms. The average molecular weight is 263 g/mol. The van der Waals surface area contributed by atoms with E-state index in [2.05, 4.69) is 45.6 Å². The second-order valence-electron chi connectivity index (χ2n) is 4.85. The minimum atomic E-state index is 0.246. The van der Waals surface area contributed by atoms with Gasteiger partial charge in [0.25, 0.3) is 0 Å². The predicted molar refractivity (Wildman–Crippen MR) is 81.5 cm³/mol. The number of fused-ring (bicyclic) bond motifs is 1. The summed E-state index contributed by atoms with van der Waals surface area (Å²) in [5.41, 5.74) is 2.51. The highest BCUT2D eigenvalue weighted by Crippen LogP contribution is 2.25. The van der Waals surface area contributed by atoms with Crippen LogP contribution in [0.15, 0.2) is 61.2 Å². The van der Waals surface area contributed by atoms with Crippen LogP contribution in [0.3, 0.4) is 0 Å². The lowest BCUT2D eigenvalue weighted by atomic mass is 9.96. The third kappa shape index (κ3) is 2.53. The molecule has 0 bridgehead atoms. The van der Waals surface area contributed by atoms with E-state index in [0.29, 0.717) is 0 Å². The normalized spacial score (nSPS) is 12.4. The molecule has 0 saturated carbocycles. The average Bonchev–Trinajstić information content (AvgIpc) is 2.53. The van der Waals surface area contributed by atoms with Crippen molar-refractivity contribution < 1.29 is 0 Å². The van der Waals surface area contributed by atoms with Crippen molar-refractivity contribution in [2.45, 2.75) is 12.5 Å². The van der Waals surface area contributed by atoms with E-state index >= 15 is 0 Å². The molecule has 100 valence electrons. The molecular formula is C17H17N3. The molecule has 3 rings (SSSR count). The monoisotopic (exact) mass is 263 g/mol. The van der Waals surface area contributed by atoms with Gasteiger partial charge in [-0.15, -0.1) is 0 Å². The number of aromatic nitrogens is 2. The van der Waals surface area contributed by atoms with E-state index in [4.69, 9.17) is 0 Å². The fourth-order valence-electron chi connectivity index (χ4n) is 2.54. The maximum atomic E-state index is 4.37. The van der Waals surface area contributed by atoms with Gasteiger partial charge in [0.2, 0.25) is 0 Å². The van der Waals surface area contributed by atoms with Crippen LogP contribution in [0.25, 0.3) is 10.8 Å². The largest absolute Gasteiger partial charge is 0.313 e. The summed E-state index contributed by atoms with van der Waals surface area (Å²) < 4.78 is 0. The Bertz CT molecular complexity index is 689. The second-order valence-corrected chi connectivity index (χ2v) is 4.85. The van der Waals surface area contributed by atoms with Gasteiger partial charge in [0, 0.05) is 36.2 Å². The van der Waals surface area contributed by atoms with Crippen molar-refractivity contribution in [3.63, 3.8) is 0 Å². The van der Waals surface area contributed by atoms with Crippen molar-refractivity contribution >= 4 is 10.8 Å². The van der Waals surface area contributed by atoms with Gasteiger partial charge in [-0.1, -0.05) is 24.3 Å². The van der Waals surface area contributed by atoms with Gasteiger partial charge in [0.1, 0.15) is 0 Å². The Morgan fingerprint density at radius 3 is 2.60 bits per heavy atom. The quantitative estimate of drug-likeness (QED) is 0.786. The van der Waals surface area contributed by atoms with Crippen molar-refractivity contribution in [2.75, 3.05) is 7.05 Å². The van der Waals surface area contributed by atoms with E-state index in [1.807, 2.05) is 37.9 Å². The molecule has 1 N–H and O–H groups in total. The molecule has 3 aromatic rings. The molecule has 1 atom stereocenters. The van der Waals surface area contributed by atoms with Crippen LogP contribution >= 0.6 is 0 Å².